The zero-order valence-electron chi connectivity index (χ0n) is 17.0. The van der Waals surface area contributed by atoms with E-state index in [1.807, 2.05) is 63.2 Å². The molecule has 3 aromatic rings. The first-order valence-corrected chi connectivity index (χ1v) is 9.65. The van der Waals surface area contributed by atoms with Crippen molar-refractivity contribution in [1.82, 2.24) is 20.2 Å². The number of benzene rings is 1. The van der Waals surface area contributed by atoms with Crippen LogP contribution in [-0.2, 0) is 11.3 Å². The van der Waals surface area contributed by atoms with Gasteiger partial charge in [0.25, 0.3) is 5.91 Å². The Bertz CT molecular complexity index is 989. The van der Waals surface area contributed by atoms with Gasteiger partial charge in [0.2, 0.25) is 5.91 Å². The van der Waals surface area contributed by atoms with Gasteiger partial charge in [-0.1, -0.05) is 17.7 Å². The molecule has 0 spiro atoms. The fourth-order valence-corrected chi connectivity index (χ4v) is 3.25. The molecule has 0 fully saturated rings. The smallest absolute Gasteiger partial charge is 0.253 e. The van der Waals surface area contributed by atoms with Crippen molar-refractivity contribution in [2.75, 3.05) is 6.54 Å². The molecule has 6 nitrogen and oxygen atoms in total. The predicted molar refractivity (Wildman–Crippen MR) is 113 cm³/mol. The van der Waals surface area contributed by atoms with E-state index in [-0.39, 0.29) is 24.8 Å². The van der Waals surface area contributed by atoms with Crippen LogP contribution in [0.2, 0.25) is 0 Å². The molecule has 0 aliphatic carbocycles. The van der Waals surface area contributed by atoms with Crippen LogP contribution in [0, 0.1) is 20.8 Å². The second-order valence-corrected chi connectivity index (χ2v) is 7.12. The van der Waals surface area contributed by atoms with Crippen LogP contribution in [0.5, 0.6) is 0 Å². The van der Waals surface area contributed by atoms with Crippen molar-refractivity contribution in [3.63, 3.8) is 0 Å². The lowest BCUT2D eigenvalue weighted by Gasteiger charge is -2.15. The highest BCUT2D eigenvalue weighted by Gasteiger charge is 2.15. The largest absolute Gasteiger partial charge is 0.352 e. The van der Waals surface area contributed by atoms with E-state index in [1.165, 1.54) is 0 Å². The van der Waals surface area contributed by atoms with E-state index in [9.17, 15) is 9.59 Å². The van der Waals surface area contributed by atoms with Gasteiger partial charge < -0.3 is 15.2 Å². The number of carbonyl (C=O) groups excluding carboxylic acids is 2. The molecule has 150 valence electrons. The van der Waals surface area contributed by atoms with E-state index < -0.39 is 0 Å². The van der Waals surface area contributed by atoms with Crippen LogP contribution in [0.25, 0.3) is 5.69 Å². The molecule has 3 rings (SSSR count). The Morgan fingerprint density at radius 2 is 1.76 bits per heavy atom. The Balaban J connectivity index is 1.61. The Hall–Kier alpha value is -3.41. The first kappa shape index (κ1) is 20.3. The van der Waals surface area contributed by atoms with Crippen LogP contribution in [-0.4, -0.2) is 27.9 Å². The van der Waals surface area contributed by atoms with E-state index >= 15 is 0 Å². The number of hydrogen-bond acceptors (Lipinski definition) is 3. The van der Waals surface area contributed by atoms with Crippen molar-refractivity contribution in [2.24, 2.45) is 0 Å². The molecule has 0 aliphatic heterocycles. The molecule has 29 heavy (non-hydrogen) atoms. The molecule has 6 heteroatoms. The fraction of sp³-hybridized carbons (Fsp3) is 0.261. The minimum atomic E-state index is -0.184. The van der Waals surface area contributed by atoms with Crippen molar-refractivity contribution < 1.29 is 9.59 Å². The van der Waals surface area contributed by atoms with Crippen molar-refractivity contribution in [1.29, 1.82) is 0 Å². The monoisotopic (exact) mass is 390 g/mol. The van der Waals surface area contributed by atoms with Gasteiger partial charge in [-0.2, -0.15) is 0 Å². The molecule has 0 saturated heterocycles. The van der Waals surface area contributed by atoms with Crippen LogP contribution >= 0.6 is 0 Å². The topological polar surface area (TPSA) is 76.0 Å². The number of pyridine rings is 1. The maximum atomic E-state index is 12.8. The van der Waals surface area contributed by atoms with Gasteiger partial charge in [-0.25, -0.2) is 0 Å². The van der Waals surface area contributed by atoms with Crippen LogP contribution in [0.4, 0.5) is 0 Å². The molecule has 2 aromatic heterocycles. The number of aryl methyl sites for hydroxylation is 3. The number of rotatable bonds is 7. The van der Waals surface area contributed by atoms with Crippen molar-refractivity contribution in [2.45, 2.75) is 33.7 Å². The lowest BCUT2D eigenvalue weighted by molar-refractivity contribution is -0.121. The third kappa shape index (κ3) is 5.10. The molecule has 2 amide bonds. The summed E-state index contributed by atoms with van der Waals surface area (Å²) in [5, 5.41) is 5.71. The average Bonchev–Trinajstić information content (AvgIpc) is 3.05. The summed E-state index contributed by atoms with van der Waals surface area (Å²) >= 11 is 0. The first-order chi connectivity index (χ1) is 14.0. The average molecular weight is 390 g/mol. The van der Waals surface area contributed by atoms with Crippen LogP contribution < -0.4 is 10.6 Å². The molecular formula is C23H26N4O2. The van der Waals surface area contributed by atoms with E-state index in [0.717, 1.165) is 28.2 Å². The van der Waals surface area contributed by atoms with E-state index in [0.29, 0.717) is 12.1 Å². The summed E-state index contributed by atoms with van der Waals surface area (Å²) in [7, 11) is 0. The summed E-state index contributed by atoms with van der Waals surface area (Å²) in [5.74, 6) is -0.299. The molecule has 1 aromatic carbocycles. The minimum absolute atomic E-state index is 0.115. The SMILES string of the molecule is Cc1ccc(-n2c(C)ccc2C)c(C(=O)NCCC(=O)NCc2cccnc2)c1. The third-order valence-corrected chi connectivity index (χ3v) is 4.76. The number of hydrogen-bond donors (Lipinski definition) is 2. The maximum Gasteiger partial charge on any atom is 0.253 e. The lowest BCUT2D eigenvalue weighted by Crippen LogP contribution is -2.31. The molecule has 0 atom stereocenters. The Morgan fingerprint density at radius 1 is 1.00 bits per heavy atom. The highest BCUT2D eigenvalue weighted by Crippen LogP contribution is 2.21. The highest BCUT2D eigenvalue weighted by atomic mass is 16.2. The van der Waals surface area contributed by atoms with Crippen LogP contribution in [0.15, 0.2) is 54.9 Å². The van der Waals surface area contributed by atoms with Gasteiger partial charge in [-0.3, -0.25) is 14.6 Å². The molecule has 0 radical (unpaired) electrons. The van der Waals surface area contributed by atoms with Crippen molar-refractivity contribution in [3.05, 3.63) is 82.9 Å². The van der Waals surface area contributed by atoms with Gasteiger partial charge in [-0.15, -0.1) is 0 Å². The number of carbonyl (C=O) groups is 2. The minimum Gasteiger partial charge on any atom is -0.352 e. The number of nitrogens with one attached hydrogen (secondary N) is 2. The van der Waals surface area contributed by atoms with Gasteiger partial charge in [0.15, 0.2) is 0 Å². The molecular weight excluding hydrogens is 364 g/mol. The van der Waals surface area contributed by atoms with E-state index in [4.69, 9.17) is 0 Å². The van der Waals surface area contributed by atoms with Gasteiger partial charge in [0.05, 0.1) is 11.3 Å². The number of amides is 2. The molecule has 0 saturated carbocycles. The predicted octanol–water partition coefficient (Wildman–Crippen LogP) is 3.23. The zero-order valence-corrected chi connectivity index (χ0v) is 17.0. The second-order valence-electron chi connectivity index (χ2n) is 7.12. The summed E-state index contributed by atoms with van der Waals surface area (Å²) in [6, 6.07) is 13.6. The maximum absolute atomic E-state index is 12.8. The highest BCUT2D eigenvalue weighted by molar-refractivity contribution is 5.98. The standard InChI is InChI=1S/C23H26N4O2/c1-16-6-9-21(27-17(2)7-8-18(27)3)20(13-16)23(29)25-12-10-22(28)26-15-19-5-4-11-24-14-19/h4-9,11,13-14H,10,12,15H2,1-3H3,(H,25,29)(H,26,28). The summed E-state index contributed by atoms with van der Waals surface area (Å²) in [5.41, 5.74) is 5.52. The lowest BCUT2D eigenvalue weighted by atomic mass is 10.1. The molecule has 0 bridgehead atoms. The summed E-state index contributed by atoms with van der Waals surface area (Å²) < 4.78 is 2.06. The van der Waals surface area contributed by atoms with E-state index in [1.54, 1.807) is 12.4 Å². The fourth-order valence-electron chi connectivity index (χ4n) is 3.25. The van der Waals surface area contributed by atoms with Crippen molar-refractivity contribution >= 4 is 11.8 Å². The number of aromatic nitrogens is 2. The molecule has 2 N–H and O–H groups in total. The first-order valence-electron chi connectivity index (χ1n) is 9.65. The second kappa shape index (κ2) is 9.19. The van der Waals surface area contributed by atoms with Crippen LogP contribution in [0.3, 0.4) is 0 Å². The molecule has 2 heterocycles. The summed E-state index contributed by atoms with van der Waals surface area (Å²) in [6.45, 7) is 6.69. The third-order valence-electron chi connectivity index (χ3n) is 4.76. The Kier molecular flexibility index (Phi) is 6.44. The number of nitrogens with zero attached hydrogens (tertiary/aromatic N) is 2. The van der Waals surface area contributed by atoms with Crippen molar-refractivity contribution in [3.8, 4) is 5.69 Å². The Morgan fingerprint density at radius 3 is 2.45 bits per heavy atom. The summed E-state index contributed by atoms with van der Waals surface area (Å²) in [4.78, 5) is 28.9. The quantitative estimate of drug-likeness (QED) is 0.650. The normalized spacial score (nSPS) is 10.6. The zero-order chi connectivity index (χ0) is 20.8. The van der Waals surface area contributed by atoms with E-state index in [2.05, 4.69) is 20.2 Å². The Labute approximate surface area is 171 Å². The van der Waals surface area contributed by atoms with Gasteiger partial charge in [0, 0.05) is 43.3 Å². The molecule has 0 aliphatic rings. The summed E-state index contributed by atoms with van der Waals surface area (Å²) in [6.07, 6.45) is 3.62. The molecule has 0 unspecified atom stereocenters. The van der Waals surface area contributed by atoms with Gasteiger partial charge in [-0.05, 0) is 56.7 Å². The van der Waals surface area contributed by atoms with Gasteiger partial charge in [0.1, 0.15) is 0 Å². The van der Waals surface area contributed by atoms with Crippen LogP contribution in [0.1, 0.15) is 39.3 Å². The van der Waals surface area contributed by atoms with Gasteiger partial charge >= 0.3 is 0 Å².